The van der Waals surface area contributed by atoms with Gasteiger partial charge in [-0.1, -0.05) is 13.0 Å². The lowest BCUT2D eigenvalue weighted by molar-refractivity contribution is -0.115. The number of carbonyl (C=O) groups is 1. The second-order valence-corrected chi connectivity index (χ2v) is 5.79. The van der Waals surface area contributed by atoms with Crippen molar-refractivity contribution in [3.63, 3.8) is 0 Å². The number of amides is 1. The molecule has 1 aliphatic rings. The van der Waals surface area contributed by atoms with Crippen molar-refractivity contribution in [3.05, 3.63) is 23.8 Å². The molecule has 1 aliphatic carbocycles. The van der Waals surface area contributed by atoms with E-state index in [2.05, 4.69) is 17.6 Å². The maximum absolute atomic E-state index is 11.5. The number of carbonyl (C=O) groups excluding carboxylic acids is 1. The van der Waals surface area contributed by atoms with E-state index in [4.69, 9.17) is 4.74 Å². The van der Waals surface area contributed by atoms with Crippen molar-refractivity contribution in [2.24, 2.45) is 0 Å². The van der Waals surface area contributed by atoms with E-state index < -0.39 is 0 Å². The zero-order valence-electron chi connectivity index (χ0n) is 13.2. The molecule has 1 amide bonds. The molecule has 0 heterocycles. The second kappa shape index (κ2) is 7.46. The van der Waals surface area contributed by atoms with E-state index in [0.29, 0.717) is 18.6 Å². The minimum Gasteiger partial charge on any atom is -0.382 e. The van der Waals surface area contributed by atoms with Crippen LogP contribution in [0.4, 0.5) is 11.4 Å². The molecule has 0 aromatic heterocycles. The Balaban J connectivity index is 1.99. The van der Waals surface area contributed by atoms with Gasteiger partial charge in [-0.15, -0.1) is 0 Å². The summed E-state index contributed by atoms with van der Waals surface area (Å²) in [6, 6.07) is 6.53. The number of nitrogens with one attached hydrogen (secondary N) is 2. The van der Waals surface area contributed by atoms with Gasteiger partial charge in [0.1, 0.15) is 0 Å². The summed E-state index contributed by atoms with van der Waals surface area (Å²) in [5, 5.41) is 6.53. The van der Waals surface area contributed by atoms with Crippen LogP contribution in [0.1, 0.15) is 44.6 Å². The zero-order valence-corrected chi connectivity index (χ0v) is 13.2. The fourth-order valence-electron chi connectivity index (χ4n) is 2.77. The molecular weight excluding hydrogens is 264 g/mol. The van der Waals surface area contributed by atoms with E-state index in [1.54, 1.807) is 7.11 Å². The molecule has 1 saturated carbocycles. The highest BCUT2D eigenvalue weighted by Gasteiger charge is 2.21. The Morgan fingerprint density at radius 3 is 2.62 bits per heavy atom. The van der Waals surface area contributed by atoms with Crippen molar-refractivity contribution in [2.75, 3.05) is 17.7 Å². The van der Waals surface area contributed by atoms with Crippen molar-refractivity contribution in [2.45, 2.75) is 58.1 Å². The smallest absolute Gasteiger partial charge is 0.224 e. The van der Waals surface area contributed by atoms with Crippen molar-refractivity contribution in [1.29, 1.82) is 0 Å². The minimum absolute atomic E-state index is 0.0467. The number of benzene rings is 1. The summed E-state index contributed by atoms with van der Waals surface area (Å²) in [7, 11) is 1.79. The number of aryl methyl sites for hydroxylation is 1. The molecule has 2 rings (SSSR count). The normalized spacial score (nSPS) is 21.9. The molecule has 1 aromatic rings. The zero-order chi connectivity index (χ0) is 15.2. The van der Waals surface area contributed by atoms with Crippen molar-refractivity contribution in [3.8, 4) is 0 Å². The predicted molar refractivity (Wildman–Crippen MR) is 86.8 cm³/mol. The monoisotopic (exact) mass is 290 g/mol. The largest absolute Gasteiger partial charge is 0.382 e. The molecule has 2 N–H and O–H groups in total. The third-order valence-corrected chi connectivity index (χ3v) is 4.21. The maximum Gasteiger partial charge on any atom is 0.224 e. The molecule has 0 bridgehead atoms. The van der Waals surface area contributed by atoms with E-state index in [0.717, 1.165) is 37.1 Å². The minimum atomic E-state index is 0.0467. The van der Waals surface area contributed by atoms with Crippen LogP contribution in [0, 0.1) is 6.92 Å². The van der Waals surface area contributed by atoms with E-state index in [1.165, 1.54) is 5.56 Å². The highest BCUT2D eigenvalue weighted by Crippen LogP contribution is 2.27. The van der Waals surface area contributed by atoms with Gasteiger partial charge in [0.15, 0.2) is 0 Å². The lowest BCUT2D eigenvalue weighted by Gasteiger charge is -2.29. The van der Waals surface area contributed by atoms with Crippen molar-refractivity contribution in [1.82, 2.24) is 0 Å². The van der Waals surface area contributed by atoms with E-state index >= 15 is 0 Å². The molecule has 116 valence electrons. The first-order valence-corrected chi connectivity index (χ1v) is 7.82. The molecule has 0 aliphatic heterocycles. The Morgan fingerprint density at radius 1 is 1.29 bits per heavy atom. The SMILES string of the molecule is CCC(=O)Nc1ccc(C)c(NC2CCC(OC)CC2)c1. The summed E-state index contributed by atoms with van der Waals surface area (Å²) in [6.07, 6.45) is 5.39. The van der Waals surface area contributed by atoms with Gasteiger partial charge in [-0.25, -0.2) is 0 Å². The van der Waals surface area contributed by atoms with Gasteiger partial charge in [0, 0.05) is 30.9 Å². The number of anilines is 2. The molecule has 4 heteroatoms. The third-order valence-electron chi connectivity index (χ3n) is 4.21. The average molecular weight is 290 g/mol. The topological polar surface area (TPSA) is 50.4 Å². The third kappa shape index (κ3) is 4.46. The molecule has 0 spiro atoms. The summed E-state index contributed by atoms with van der Waals surface area (Å²) < 4.78 is 5.41. The van der Waals surface area contributed by atoms with Gasteiger partial charge in [0.25, 0.3) is 0 Å². The molecule has 4 nitrogen and oxygen atoms in total. The number of ether oxygens (including phenoxy) is 1. The predicted octanol–water partition coefficient (Wildman–Crippen LogP) is 3.71. The van der Waals surface area contributed by atoms with Gasteiger partial charge in [-0.05, 0) is 50.3 Å². The number of hydrogen-bond donors (Lipinski definition) is 2. The van der Waals surface area contributed by atoms with Crippen LogP contribution in [0.3, 0.4) is 0 Å². The lowest BCUT2D eigenvalue weighted by atomic mass is 9.92. The molecule has 0 unspecified atom stereocenters. The Kier molecular flexibility index (Phi) is 5.62. The van der Waals surface area contributed by atoms with Crippen LogP contribution in [0.2, 0.25) is 0 Å². The van der Waals surface area contributed by atoms with Crippen LogP contribution in [0.15, 0.2) is 18.2 Å². The molecule has 0 atom stereocenters. The first-order valence-electron chi connectivity index (χ1n) is 7.82. The number of methoxy groups -OCH3 is 1. The highest BCUT2D eigenvalue weighted by molar-refractivity contribution is 5.91. The van der Waals surface area contributed by atoms with Gasteiger partial charge in [-0.3, -0.25) is 4.79 Å². The van der Waals surface area contributed by atoms with Gasteiger partial charge in [-0.2, -0.15) is 0 Å². The highest BCUT2D eigenvalue weighted by atomic mass is 16.5. The molecule has 0 radical (unpaired) electrons. The van der Waals surface area contributed by atoms with Crippen molar-refractivity contribution < 1.29 is 9.53 Å². The van der Waals surface area contributed by atoms with Crippen LogP contribution >= 0.6 is 0 Å². The standard InChI is InChI=1S/C17H26N2O2/c1-4-17(20)19-14-6-5-12(2)16(11-14)18-13-7-9-15(21-3)10-8-13/h5-6,11,13,15,18H,4,7-10H2,1-3H3,(H,19,20). The molecule has 1 fully saturated rings. The van der Waals surface area contributed by atoms with Gasteiger partial charge >= 0.3 is 0 Å². The quantitative estimate of drug-likeness (QED) is 0.869. The molecule has 21 heavy (non-hydrogen) atoms. The van der Waals surface area contributed by atoms with Crippen LogP contribution in [-0.4, -0.2) is 25.2 Å². The molecule has 1 aromatic carbocycles. The maximum atomic E-state index is 11.5. The average Bonchev–Trinajstić information content (AvgIpc) is 2.51. The van der Waals surface area contributed by atoms with Gasteiger partial charge < -0.3 is 15.4 Å². The fraction of sp³-hybridized carbons (Fsp3) is 0.588. The summed E-state index contributed by atoms with van der Waals surface area (Å²) >= 11 is 0. The Bertz CT molecular complexity index is 480. The summed E-state index contributed by atoms with van der Waals surface area (Å²) in [6.45, 7) is 3.95. The first kappa shape index (κ1) is 15.8. The van der Waals surface area contributed by atoms with E-state index in [-0.39, 0.29) is 5.91 Å². The Morgan fingerprint density at radius 2 is 2.00 bits per heavy atom. The number of rotatable bonds is 5. The van der Waals surface area contributed by atoms with E-state index in [9.17, 15) is 4.79 Å². The molecule has 0 saturated heterocycles. The summed E-state index contributed by atoms with van der Waals surface area (Å²) in [5.41, 5.74) is 3.18. The first-order chi connectivity index (χ1) is 10.1. The Hall–Kier alpha value is -1.55. The number of hydrogen-bond acceptors (Lipinski definition) is 3. The Labute approximate surface area is 127 Å². The second-order valence-electron chi connectivity index (χ2n) is 5.79. The van der Waals surface area contributed by atoms with Crippen LogP contribution in [0.25, 0.3) is 0 Å². The van der Waals surface area contributed by atoms with Gasteiger partial charge in [0.05, 0.1) is 6.10 Å². The van der Waals surface area contributed by atoms with Crippen LogP contribution in [0.5, 0.6) is 0 Å². The fourth-order valence-corrected chi connectivity index (χ4v) is 2.77. The summed E-state index contributed by atoms with van der Waals surface area (Å²) in [4.78, 5) is 11.5. The van der Waals surface area contributed by atoms with Crippen molar-refractivity contribution >= 4 is 17.3 Å². The van der Waals surface area contributed by atoms with E-state index in [1.807, 2.05) is 25.1 Å². The van der Waals surface area contributed by atoms with Crippen LogP contribution in [-0.2, 0) is 9.53 Å². The summed E-state index contributed by atoms with van der Waals surface area (Å²) in [5.74, 6) is 0.0467. The molecular formula is C17H26N2O2. The van der Waals surface area contributed by atoms with Crippen LogP contribution < -0.4 is 10.6 Å². The van der Waals surface area contributed by atoms with Gasteiger partial charge in [0.2, 0.25) is 5.91 Å². The lowest BCUT2D eigenvalue weighted by Crippen LogP contribution is -2.29.